The summed E-state index contributed by atoms with van der Waals surface area (Å²) in [6.45, 7) is 3.94. The van der Waals surface area contributed by atoms with Crippen molar-refractivity contribution in [2.75, 3.05) is 6.61 Å². The molecule has 0 bridgehead atoms. The Balaban J connectivity index is 2.11. The molecule has 3 rings (SSSR count). The average Bonchev–Trinajstić information content (AvgIpc) is 2.88. The van der Waals surface area contributed by atoms with Gasteiger partial charge in [-0.15, -0.1) is 0 Å². The van der Waals surface area contributed by atoms with Crippen molar-refractivity contribution < 1.29 is 19.1 Å². The summed E-state index contributed by atoms with van der Waals surface area (Å²) in [5, 5.41) is 0. The normalized spacial score (nSPS) is 14.2. The second-order valence-corrected chi connectivity index (χ2v) is 6.02. The van der Waals surface area contributed by atoms with Crippen molar-refractivity contribution in [2.45, 2.75) is 20.4 Å². The van der Waals surface area contributed by atoms with Crippen LogP contribution < -0.4 is 0 Å². The van der Waals surface area contributed by atoms with Crippen LogP contribution in [0.1, 0.15) is 23.6 Å². The van der Waals surface area contributed by atoms with Gasteiger partial charge in [0.2, 0.25) is 0 Å². The maximum atomic E-state index is 12.6. The Kier molecular flexibility index (Phi) is 4.98. The Morgan fingerprint density at radius 2 is 1.65 bits per heavy atom. The first-order chi connectivity index (χ1) is 12.5. The molecule has 0 saturated heterocycles. The van der Waals surface area contributed by atoms with Crippen LogP contribution >= 0.6 is 0 Å². The fourth-order valence-corrected chi connectivity index (χ4v) is 2.89. The minimum absolute atomic E-state index is 0.129. The molecule has 132 valence electrons. The number of ketones is 1. The number of amides is 1. The third-order valence-corrected chi connectivity index (χ3v) is 4.16. The molecule has 26 heavy (non-hydrogen) atoms. The molecule has 0 atom stereocenters. The Morgan fingerprint density at radius 3 is 2.27 bits per heavy atom. The second-order valence-electron chi connectivity index (χ2n) is 6.02. The minimum atomic E-state index is -0.824. The Morgan fingerprint density at radius 1 is 1.00 bits per heavy atom. The molecular formula is C21H19NO4. The maximum Gasteiger partial charge on any atom is 0.344 e. The van der Waals surface area contributed by atoms with Gasteiger partial charge in [-0.1, -0.05) is 60.2 Å². The Labute approximate surface area is 151 Å². The lowest BCUT2D eigenvalue weighted by Gasteiger charge is -2.20. The van der Waals surface area contributed by atoms with Crippen LogP contribution in [0, 0.1) is 6.92 Å². The smallest absolute Gasteiger partial charge is 0.344 e. The van der Waals surface area contributed by atoms with Crippen LogP contribution in [0.15, 0.2) is 60.2 Å². The molecule has 0 N–H and O–H groups in total. The number of carbonyl (C=O) groups excluding carboxylic acids is 3. The fraction of sp³-hybridized carbons (Fsp3) is 0.190. The van der Waals surface area contributed by atoms with Crippen LogP contribution in [0.4, 0.5) is 0 Å². The van der Waals surface area contributed by atoms with Crippen molar-refractivity contribution in [3.63, 3.8) is 0 Å². The number of carbonyl (C=O) groups is 3. The summed E-state index contributed by atoms with van der Waals surface area (Å²) in [5.74, 6) is -2.31. The zero-order valence-corrected chi connectivity index (χ0v) is 14.7. The number of nitrogens with zero attached hydrogens (tertiary/aromatic N) is 1. The van der Waals surface area contributed by atoms with E-state index in [0.29, 0.717) is 11.3 Å². The first-order valence-electron chi connectivity index (χ1n) is 8.41. The fourth-order valence-electron chi connectivity index (χ4n) is 2.89. The molecule has 0 radical (unpaired) electrons. The summed E-state index contributed by atoms with van der Waals surface area (Å²) < 4.78 is 5.02. The number of rotatable bonds is 5. The number of benzene rings is 2. The van der Waals surface area contributed by atoms with Crippen molar-refractivity contribution in [2.24, 2.45) is 0 Å². The van der Waals surface area contributed by atoms with E-state index in [2.05, 4.69) is 0 Å². The highest BCUT2D eigenvalue weighted by atomic mass is 16.5. The first-order valence-corrected chi connectivity index (χ1v) is 8.41. The van der Waals surface area contributed by atoms with Crippen molar-refractivity contribution in [1.82, 2.24) is 4.90 Å². The van der Waals surface area contributed by atoms with E-state index in [9.17, 15) is 14.4 Å². The Hall–Kier alpha value is -3.21. The molecule has 5 heteroatoms. The van der Waals surface area contributed by atoms with Gasteiger partial charge in [-0.3, -0.25) is 14.5 Å². The lowest BCUT2D eigenvalue weighted by Crippen LogP contribution is -2.28. The highest BCUT2D eigenvalue weighted by Crippen LogP contribution is 2.32. The number of ether oxygens (including phenoxy) is 1. The molecule has 2 aromatic carbocycles. The molecule has 1 heterocycles. The van der Waals surface area contributed by atoms with Crippen LogP contribution in [0.3, 0.4) is 0 Å². The highest BCUT2D eigenvalue weighted by molar-refractivity contribution is 6.54. The van der Waals surface area contributed by atoms with Crippen molar-refractivity contribution in [1.29, 1.82) is 0 Å². The average molecular weight is 349 g/mol. The van der Waals surface area contributed by atoms with Crippen LogP contribution in [0.2, 0.25) is 0 Å². The van der Waals surface area contributed by atoms with Gasteiger partial charge in [0.15, 0.2) is 0 Å². The van der Waals surface area contributed by atoms with E-state index < -0.39 is 17.7 Å². The van der Waals surface area contributed by atoms with Gasteiger partial charge in [0.05, 0.1) is 18.8 Å². The summed E-state index contributed by atoms with van der Waals surface area (Å²) in [6.07, 6.45) is 0. The van der Waals surface area contributed by atoms with Gasteiger partial charge >= 0.3 is 5.97 Å². The van der Waals surface area contributed by atoms with Gasteiger partial charge in [0, 0.05) is 0 Å². The molecule has 5 nitrogen and oxygen atoms in total. The lowest BCUT2D eigenvalue weighted by molar-refractivity contribution is -0.143. The zero-order chi connectivity index (χ0) is 18.7. The largest absolute Gasteiger partial charge is 0.462 e. The van der Waals surface area contributed by atoms with E-state index in [1.807, 2.05) is 49.4 Å². The molecular weight excluding hydrogens is 330 g/mol. The second kappa shape index (κ2) is 7.35. The van der Waals surface area contributed by atoms with Crippen LogP contribution in [0.5, 0.6) is 0 Å². The summed E-state index contributed by atoms with van der Waals surface area (Å²) in [4.78, 5) is 38.9. The molecule has 1 aliphatic rings. The summed E-state index contributed by atoms with van der Waals surface area (Å²) >= 11 is 0. The molecule has 1 amide bonds. The topological polar surface area (TPSA) is 63.7 Å². The third kappa shape index (κ3) is 3.28. The van der Waals surface area contributed by atoms with Crippen molar-refractivity contribution in [3.05, 3.63) is 76.9 Å². The number of esters is 1. The molecule has 0 fully saturated rings. The Bertz CT molecular complexity index is 882. The van der Waals surface area contributed by atoms with Crippen LogP contribution in [-0.4, -0.2) is 29.2 Å². The molecule has 0 aromatic heterocycles. The SMILES string of the molecule is CCOC(=O)C1=C(c2ccc(C)cc2)N(Cc2ccccc2)C(=O)C1=O. The van der Waals surface area contributed by atoms with Crippen molar-refractivity contribution >= 4 is 23.4 Å². The number of Topliss-reactive ketones (excluding diaryl/α,β-unsaturated/α-hetero) is 1. The first kappa shape index (κ1) is 17.6. The summed E-state index contributed by atoms with van der Waals surface area (Å²) in [7, 11) is 0. The molecule has 0 unspecified atom stereocenters. The lowest BCUT2D eigenvalue weighted by atomic mass is 10.0. The van der Waals surface area contributed by atoms with Gasteiger partial charge < -0.3 is 4.74 Å². The van der Waals surface area contributed by atoms with Gasteiger partial charge in [0.25, 0.3) is 11.7 Å². The minimum Gasteiger partial charge on any atom is -0.462 e. The van der Waals surface area contributed by atoms with Crippen LogP contribution in [0.25, 0.3) is 5.70 Å². The summed E-state index contributed by atoms with van der Waals surface area (Å²) in [5.41, 5.74) is 2.65. The van der Waals surface area contributed by atoms with E-state index in [-0.39, 0.29) is 18.7 Å². The standard InChI is InChI=1S/C21H19NO4/c1-3-26-21(25)17-18(16-11-9-14(2)10-12-16)22(20(24)19(17)23)13-15-7-5-4-6-8-15/h4-12H,3,13H2,1-2H3. The van der Waals surface area contributed by atoms with Gasteiger partial charge in [-0.05, 0) is 25.0 Å². The molecule has 1 aliphatic heterocycles. The molecule has 2 aromatic rings. The maximum absolute atomic E-state index is 12.6. The number of aryl methyl sites for hydroxylation is 1. The van der Waals surface area contributed by atoms with Gasteiger partial charge in [-0.25, -0.2) is 4.79 Å². The van der Waals surface area contributed by atoms with Gasteiger partial charge in [0.1, 0.15) is 5.57 Å². The number of hydrogen-bond acceptors (Lipinski definition) is 4. The van der Waals surface area contributed by atoms with Gasteiger partial charge in [-0.2, -0.15) is 0 Å². The number of hydrogen-bond donors (Lipinski definition) is 0. The van der Waals surface area contributed by atoms with E-state index in [1.54, 1.807) is 19.1 Å². The third-order valence-electron chi connectivity index (χ3n) is 4.16. The predicted octanol–water partition coefficient (Wildman–Crippen LogP) is 2.88. The predicted molar refractivity (Wildman–Crippen MR) is 96.7 cm³/mol. The van der Waals surface area contributed by atoms with E-state index in [4.69, 9.17) is 4.74 Å². The highest BCUT2D eigenvalue weighted by Gasteiger charge is 2.43. The van der Waals surface area contributed by atoms with Crippen molar-refractivity contribution in [3.8, 4) is 0 Å². The quantitative estimate of drug-likeness (QED) is 0.473. The monoisotopic (exact) mass is 349 g/mol. The van der Waals surface area contributed by atoms with Crippen LogP contribution in [-0.2, 0) is 25.7 Å². The van der Waals surface area contributed by atoms with E-state index in [1.165, 1.54) is 4.90 Å². The molecule has 0 saturated carbocycles. The molecule has 0 spiro atoms. The van der Waals surface area contributed by atoms with E-state index >= 15 is 0 Å². The van der Waals surface area contributed by atoms with E-state index in [0.717, 1.165) is 11.1 Å². The summed E-state index contributed by atoms with van der Waals surface area (Å²) in [6, 6.07) is 16.7. The molecule has 0 aliphatic carbocycles. The zero-order valence-electron chi connectivity index (χ0n) is 14.7.